The number of aromatic nitrogens is 4. The van der Waals surface area contributed by atoms with Crippen molar-refractivity contribution in [3.63, 3.8) is 0 Å². The van der Waals surface area contributed by atoms with E-state index in [4.69, 9.17) is 11.1 Å². The molecule has 2 aromatic rings. The van der Waals surface area contributed by atoms with Gasteiger partial charge in [-0.2, -0.15) is 0 Å². The molecule has 3 N–H and O–H groups in total. The molecule has 0 amide bonds. The van der Waals surface area contributed by atoms with Crippen molar-refractivity contribution in [2.75, 3.05) is 11.4 Å². The van der Waals surface area contributed by atoms with Gasteiger partial charge < -0.3 is 15.2 Å². The van der Waals surface area contributed by atoms with Crippen molar-refractivity contribution in [1.82, 2.24) is 19.7 Å². The van der Waals surface area contributed by atoms with Crippen molar-refractivity contribution < 1.29 is 0 Å². The van der Waals surface area contributed by atoms with E-state index >= 15 is 0 Å². The van der Waals surface area contributed by atoms with Gasteiger partial charge in [-0.3, -0.25) is 5.41 Å². The summed E-state index contributed by atoms with van der Waals surface area (Å²) in [5.74, 6) is 1.69. The first-order valence-corrected chi connectivity index (χ1v) is 6.09. The smallest absolute Gasteiger partial charge is 0.152 e. The molecule has 19 heavy (non-hydrogen) atoms. The summed E-state index contributed by atoms with van der Waals surface area (Å²) >= 11 is 0. The molecule has 3 heterocycles. The van der Waals surface area contributed by atoms with Crippen molar-refractivity contribution in [1.29, 1.82) is 5.41 Å². The highest BCUT2D eigenvalue weighted by Crippen LogP contribution is 2.22. The number of pyridine rings is 1. The Morgan fingerprint density at radius 3 is 3.00 bits per heavy atom. The van der Waals surface area contributed by atoms with Gasteiger partial charge in [0.25, 0.3) is 0 Å². The molecule has 1 aliphatic heterocycles. The highest BCUT2D eigenvalue weighted by Gasteiger charge is 2.21. The third-order valence-electron chi connectivity index (χ3n) is 3.24. The van der Waals surface area contributed by atoms with E-state index in [2.05, 4.69) is 20.1 Å². The largest absolute Gasteiger partial charge is 0.384 e. The summed E-state index contributed by atoms with van der Waals surface area (Å²) in [6.45, 7) is 4.19. The summed E-state index contributed by atoms with van der Waals surface area (Å²) in [4.78, 5) is 6.61. The number of aryl methyl sites for hydroxylation is 1. The lowest BCUT2D eigenvalue weighted by molar-refractivity contribution is 0.555. The van der Waals surface area contributed by atoms with Crippen molar-refractivity contribution in [3.05, 3.63) is 35.5 Å². The molecule has 0 aliphatic carbocycles. The molecule has 98 valence electrons. The summed E-state index contributed by atoms with van der Waals surface area (Å²) in [6, 6.07) is 3.71. The molecule has 1 aliphatic rings. The maximum atomic E-state index is 7.66. The van der Waals surface area contributed by atoms with Crippen LogP contribution >= 0.6 is 0 Å². The van der Waals surface area contributed by atoms with Gasteiger partial charge in [-0.15, -0.1) is 10.2 Å². The lowest BCUT2D eigenvalue weighted by Crippen LogP contribution is -2.35. The first kappa shape index (κ1) is 11.6. The molecule has 0 bridgehead atoms. The number of rotatable bonds is 2. The molecule has 0 unspecified atom stereocenters. The number of amidine groups is 1. The van der Waals surface area contributed by atoms with Crippen LogP contribution in [0.4, 0.5) is 5.82 Å². The van der Waals surface area contributed by atoms with Gasteiger partial charge in [-0.25, -0.2) is 4.98 Å². The van der Waals surface area contributed by atoms with E-state index in [9.17, 15) is 0 Å². The maximum Gasteiger partial charge on any atom is 0.152 e. The fourth-order valence-electron chi connectivity index (χ4n) is 2.24. The first-order valence-electron chi connectivity index (χ1n) is 6.09. The fraction of sp³-hybridized carbons (Fsp3) is 0.333. The minimum absolute atomic E-state index is 0.0366. The normalized spacial score (nSPS) is 14.3. The molecule has 3 rings (SSSR count). The highest BCUT2D eigenvalue weighted by atomic mass is 15.3. The first-order chi connectivity index (χ1) is 9.15. The van der Waals surface area contributed by atoms with Crippen LogP contribution in [0.3, 0.4) is 0 Å². The minimum atomic E-state index is 0.0366. The second-order valence-electron chi connectivity index (χ2n) is 4.60. The summed E-state index contributed by atoms with van der Waals surface area (Å²) in [6.07, 6.45) is 1.74. The van der Waals surface area contributed by atoms with Crippen LogP contribution in [0.15, 0.2) is 18.5 Å². The number of anilines is 1. The predicted octanol–water partition coefficient (Wildman–Crippen LogP) is 0.286. The van der Waals surface area contributed by atoms with Crippen LogP contribution in [0.25, 0.3) is 0 Å². The Bertz CT molecular complexity index is 631. The number of fused-ring (bicyclic) bond motifs is 1. The van der Waals surface area contributed by atoms with E-state index in [0.29, 0.717) is 12.1 Å². The van der Waals surface area contributed by atoms with E-state index in [-0.39, 0.29) is 5.84 Å². The quantitative estimate of drug-likeness (QED) is 0.595. The van der Waals surface area contributed by atoms with E-state index in [1.807, 2.05) is 23.6 Å². The molecule has 7 heteroatoms. The number of nitrogens with one attached hydrogen (secondary N) is 1. The Morgan fingerprint density at radius 2 is 2.21 bits per heavy atom. The van der Waals surface area contributed by atoms with Gasteiger partial charge in [0, 0.05) is 18.8 Å². The summed E-state index contributed by atoms with van der Waals surface area (Å²) in [5, 5.41) is 15.7. The van der Waals surface area contributed by atoms with Crippen molar-refractivity contribution >= 4 is 11.7 Å². The molecule has 0 aromatic carbocycles. The molecule has 0 fully saturated rings. The molecule has 0 saturated heterocycles. The second kappa shape index (κ2) is 4.34. The van der Waals surface area contributed by atoms with Crippen LogP contribution in [0.2, 0.25) is 0 Å². The lowest BCUT2D eigenvalue weighted by atomic mass is 10.2. The lowest BCUT2D eigenvalue weighted by Gasteiger charge is -2.29. The zero-order valence-electron chi connectivity index (χ0n) is 10.7. The van der Waals surface area contributed by atoms with Gasteiger partial charge in [0.2, 0.25) is 0 Å². The number of nitrogens with two attached hydrogens (primary N) is 1. The van der Waals surface area contributed by atoms with Gasteiger partial charge in [0.15, 0.2) is 5.82 Å². The van der Waals surface area contributed by atoms with Crippen molar-refractivity contribution in [2.45, 2.75) is 20.0 Å². The number of hydrogen-bond donors (Lipinski definition) is 2. The Morgan fingerprint density at radius 1 is 1.37 bits per heavy atom. The third kappa shape index (κ3) is 2.03. The van der Waals surface area contributed by atoms with Gasteiger partial charge in [-0.1, -0.05) is 0 Å². The standard InChI is InChI=1S/C12H15N7/c1-8-2-3-9(11(13)14)12(16-8)18-4-5-19-7-15-17-10(19)6-18/h2-3,7H,4-6H2,1H3,(H3,13,14). The Kier molecular flexibility index (Phi) is 2.66. The Balaban J connectivity index is 1.99. The van der Waals surface area contributed by atoms with E-state index in [0.717, 1.165) is 30.4 Å². The second-order valence-corrected chi connectivity index (χ2v) is 4.60. The topological polar surface area (TPSA) is 96.7 Å². The third-order valence-corrected chi connectivity index (χ3v) is 3.24. The predicted molar refractivity (Wildman–Crippen MR) is 71.1 cm³/mol. The zero-order valence-corrected chi connectivity index (χ0v) is 10.7. The van der Waals surface area contributed by atoms with Crippen LogP contribution < -0.4 is 10.6 Å². The zero-order chi connectivity index (χ0) is 13.4. The SMILES string of the molecule is Cc1ccc(C(=N)N)c(N2CCn3cnnc3C2)n1. The van der Waals surface area contributed by atoms with E-state index in [1.54, 1.807) is 6.33 Å². The average Bonchev–Trinajstić information content (AvgIpc) is 2.85. The van der Waals surface area contributed by atoms with Gasteiger partial charge in [0.05, 0.1) is 12.1 Å². The molecule has 0 spiro atoms. The Hall–Kier alpha value is -2.44. The summed E-state index contributed by atoms with van der Waals surface area (Å²) in [7, 11) is 0. The number of nitrogen functional groups attached to an aromatic ring is 1. The highest BCUT2D eigenvalue weighted by molar-refractivity contribution is 5.99. The molecular weight excluding hydrogens is 242 g/mol. The molecular formula is C12H15N7. The van der Waals surface area contributed by atoms with Crippen molar-refractivity contribution in [2.24, 2.45) is 5.73 Å². The van der Waals surface area contributed by atoms with Gasteiger partial charge >= 0.3 is 0 Å². The number of nitrogens with zero attached hydrogens (tertiary/aromatic N) is 5. The molecule has 0 atom stereocenters. The molecule has 2 aromatic heterocycles. The van der Waals surface area contributed by atoms with Gasteiger partial charge in [0.1, 0.15) is 18.0 Å². The van der Waals surface area contributed by atoms with E-state index in [1.165, 1.54) is 0 Å². The molecule has 0 radical (unpaired) electrons. The van der Waals surface area contributed by atoms with Crippen molar-refractivity contribution in [3.8, 4) is 0 Å². The summed E-state index contributed by atoms with van der Waals surface area (Å²) < 4.78 is 2.03. The van der Waals surface area contributed by atoms with Crippen LogP contribution in [0, 0.1) is 12.3 Å². The van der Waals surface area contributed by atoms with Crippen LogP contribution in [-0.2, 0) is 13.1 Å². The van der Waals surface area contributed by atoms with Gasteiger partial charge in [-0.05, 0) is 19.1 Å². The summed E-state index contributed by atoms with van der Waals surface area (Å²) in [5.41, 5.74) is 7.20. The Labute approximate surface area is 110 Å². The maximum absolute atomic E-state index is 7.66. The molecule has 0 saturated carbocycles. The van der Waals surface area contributed by atoms with E-state index < -0.39 is 0 Å². The monoisotopic (exact) mass is 257 g/mol. The average molecular weight is 257 g/mol. The fourth-order valence-corrected chi connectivity index (χ4v) is 2.24. The number of hydrogen-bond acceptors (Lipinski definition) is 5. The van der Waals surface area contributed by atoms with Crippen LogP contribution in [0.1, 0.15) is 17.1 Å². The molecule has 7 nitrogen and oxygen atoms in total. The minimum Gasteiger partial charge on any atom is -0.384 e. The van der Waals surface area contributed by atoms with Crippen LogP contribution in [-0.4, -0.2) is 32.1 Å². The van der Waals surface area contributed by atoms with Crippen LogP contribution in [0.5, 0.6) is 0 Å².